The average molecular weight is 505 g/mol. The number of ether oxygens (including phenoxy) is 6. The van der Waals surface area contributed by atoms with E-state index in [1.165, 1.54) is 6.07 Å². The van der Waals surface area contributed by atoms with Gasteiger partial charge in [0.15, 0.2) is 12.2 Å². The van der Waals surface area contributed by atoms with Gasteiger partial charge in [-0.15, -0.1) is 0 Å². The third-order valence-corrected chi connectivity index (χ3v) is 4.74. The van der Waals surface area contributed by atoms with Crippen LogP contribution in [0.2, 0.25) is 5.02 Å². The minimum Gasteiger partial charge on any atom is -0.508 e. The van der Waals surface area contributed by atoms with Gasteiger partial charge in [-0.2, -0.15) is 0 Å². The highest BCUT2D eigenvalue weighted by Gasteiger charge is 2.53. The summed E-state index contributed by atoms with van der Waals surface area (Å²) in [7, 11) is 0. The monoisotopic (exact) mass is 504 g/mol. The van der Waals surface area contributed by atoms with E-state index in [2.05, 4.69) is 0 Å². The summed E-state index contributed by atoms with van der Waals surface area (Å²) in [5.41, 5.74) is 0.0675. The lowest BCUT2D eigenvalue weighted by atomic mass is 9.98. The van der Waals surface area contributed by atoms with Gasteiger partial charge in [0, 0.05) is 39.3 Å². The lowest BCUT2D eigenvalue weighted by Crippen LogP contribution is -2.63. The summed E-state index contributed by atoms with van der Waals surface area (Å²) in [6, 6.07) is 2.33. The number of carbonyl (C=O) groups is 4. The lowest BCUT2D eigenvalue weighted by molar-refractivity contribution is -0.288. The molecule has 1 saturated heterocycles. The Morgan fingerprint density at radius 3 is 2.00 bits per heavy atom. The van der Waals surface area contributed by atoms with Gasteiger partial charge in [0.1, 0.15) is 24.2 Å². The molecule has 1 aliphatic rings. The SMILES string of the molecule is CC(=O)OC[C@H]1O[C@H](Oc2c(Cl)cc(O)cc2CO)[C@@H](OC(C)=O)[C@@H](OC(C)=O)[C@@H]1OC(C)=O. The number of phenolic OH excluding ortho intramolecular Hbond substituents is 1. The molecule has 2 rings (SSSR count). The van der Waals surface area contributed by atoms with Gasteiger partial charge in [-0.05, 0) is 6.07 Å². The van der Waals surface area contributed by atoms with E-state index in [4.69, 9.17) is 40.0 Å². The summed E-state index contributed by atoms with van der Waals surface area (Å²) in [4.78, 5) is 46.8. The molecule has 12 nitrogen and oxygen atoms in total. The van der Waals surface area contributed by atoms with E-state index in [1.54, 1.807) is 0 Å². The second kappa shape index (κ2) is 11.9. The van der Waals surface area contributed by atoms with Crippen molar-refractivity contribution in [1.29, 1.82) is 0 Å². The van der Waals surface area contributed by atoms with Crippen molar-refractivity contribution in [2.24, 2.45) is 0 Å². The zero-order valence-corrected chi connectivity index (χ0v) is 19.6. The van der Waals surface area contributed by atoms with E-state index in [-0.39, 0.29) is 22.1 Å². The molecule has 13 heteroatoms. The molecule has 0 saturated carbocycles. The lowest BCUT2D eigenvalue weighted by Gasteiger charge is -2.44. The highest BCUT2D eigenvalue weighted by Crippen LogP contribution is 2.37. The van der Waals surface area contributed by atoms with Crippen LogP contribution in [-0.4, -0.2) is 71.4 Å². The zero-order chi connectivity index (χ0) is 25.6. The van der Waals surface area contributed by atoms with Crippen molar-refractivity contribution >= 4 is 35.5 Å². The van der Waals surface area contributed by atoms with Crippen molar-refractivity contribution in [1.82, 2.24) is 0 Å². The number of phenols is 1. The third-order valence-electron chi connectivity index (χ3n) is 4.46. The molecule has 1 aliphatic heterocycles. The minimum absolute atomic E-state index is 0.0675. The van der Waals surface area contributed by atoms with Crippen molar-refractivity contribution in [3.63, 3.8) is 0 Å². The summed E-state index contributed by atoms with van der Waals surface area (Å²) in [5.74, 6) is -3.42. The number of carbonyl (C=O) groups excluding carboxylic acids is 4. The van der Waals surface area contributed by atoms with Crippen molar-refractivity contribution in [3.05, 3.63) is 22.7 Å². The fourth-order valence-corrected chi connectivity index (χ4v) is 3.56. The van der Waals surface area contributed by atoms with Gasteiger partial charge in [0.25, 0.3) is 0 Å². The van der Waals surface area contributed by atoms with Gasteiger partial charge in [0.2, 0.25) is 12.4 Å². The van der Waals surface area contributed by atoms with Crippen LogP contribution in [0.1, 0.15) is 33.3 Å². The Morgan fingerprint density at radius 1 is 0.912 bits per heavy atom. The Hall–Kier alpha value is -3.09. The van der Waals surface area contributed by atoms with E-state index in [0.29, 0.717) is 0 Å². The van der Waals surface area contributed by atoms with E-state index in [0.717, 1.165) is 33.8 Å². The summed E-state index contributed by atoms with van der Waals surface area (Å²) in [6.45, 7) is 3.39. The van der Waals surface area contributed by atoms with Gasteiger partial charge in [-0.3, -0.25) is 19.2 Å². The maximum Gasteiger partial charge on any atom is 0.303 e. The molecule has 5 atom stereocenters. The normalized spacial score (nSPS) is 24.0. The van der Waals surface area contributed by atoms with E-state index in [1.807, 2.05) is 0 Å². The predicted octanol–water partition coefficient (Wildman–Crippen LogP) is 1.000. The quantitative estimate of drug-likeness (QED) is 0.381. The number of rotatable bonds is 8. The molecule has 1 fully saturated rings. The number of hydrogen-bond donors (Lipinski definition) is 2. The first-order valence-corrected chi connectivity index (χ1v) is 10.4. The van der Waals surface area contributed by atoms with Crippen LogP contribution in [0.3, 0.4) is 0 Å². The average Bonchev–Trinajstić information content (AvgIpc) is 2.71. The molecule has 2 N–H and O–H groups in total. The third kappa shape index (κ3) is 7.20. The topological polar surface area (TPSA) is 164 Å². The summed E-state index contributed by atoms with van der Waals surface area (Å²) in [6.07, 6.45) is -7.01. The maximum atomic E-state index is 11.9. The Labute approximate surface area is 199 Å². The second-order valence-electron chi connectivity index (χ2n) is 7.26. The summed E-state index contributed by atoms with van der Waals surface area (Å²) >= 11 is 6.16. The number of halogens is 1. The van der Waals surface area contributed by atoms with Gasteiger partial charge in [0.05, 0.1) is 11.6 Å². The van der Waals surface area contributed by atoms with Crippen molar-refractivity contribution in [2.75, 3.05) is 6.61 Å². The predicted molar refractivity (Wildman–Crippen MR) is 112 cm³/mol. The number of aliphatic hydroxyl groups is 1. The molecule has 0 radical (unpaired) electrons. The summed E-state index contributed by atoms with van der Waals surface area (Å²) in [5, 5.41) is 19.3. The van der Waals surface area contributed by atoms with Crippen LogP contribution in [0.5, 0.6) is 11.5 Å². The molecule has 34 heavy (non-hydrogen) atoms. The van der Waals surface area contributed by atoms with Crippen LogP contribution in [-0.2, 0) is 49.5 Å². The zero-order valence-electron chi connectivity index (χ0n) is 18.8. The van der Waals surface area contributed by atoms with Crippen LogP contribution < -0.4 is 4.74 Å². The van der Waals surface area contributed by atoms with Crippen LogP contribution in [0, 0.1) is 0 Å². The highest BCUT2D eigenvalue weighted by atomic mass is 35.5. The van der Waals surface area contributed by atoms with Crippen molar-refractivity contribution in [3.8, 4) is 11.5 Å². The molecule has 0 aromatic heterocycles. The molecule has 0 unspecified atom stereocenters. The number of esters is 4. The molecular formula is C21H25ClO12. The minimum atomic E-state index is -1.53. The van der Waals surface area contributed by atoms with Crippen LogP contribution >= 0.6 is 11.6 Å². The Balaban J connectivity index is 2.55. The number of aromatic hydroxyl groups is 1. The van der Waals surface area contributed by atoms with E-state index >= 15 is 0 Å². The second-order valence-corrected chi connectivity index (χ2v) is 7.67. The number of aliphatic hydroxyl groups excluding tert-OH is 1. The fourth-order valence-electron chi connectivity index (χ4n) is 3.28. The number of hydrogen-bond acceptors (Lipinski definition) is 12. The summed E-state index contributed by atoms with van der Waals surface area (Å²) < 4.78 is 32.5. The van der Waals surface area contributed by atoms with Gasteiger partial charge < -0.3 is 38.6 Å². The largest absolute Gasteiger partial charge is 0.508 e. The first-order chi connectivity index (χ1) is 15.9. The van der Waals surface area contributed by atoms with Crippen LogP contribution in [0.15, 0.2) is 12.1 Å². The standard InChI is InChI=1S/C21H25ClO12/c1-9(24)29-8-16-18(30-10(2)25)19(31-11(3)26)20(32-12(4)27)21(33-16)34-17-13(7-23)5-14(28)6-15(17)22/h5-6,16,18-21,23,28H,7-8H2,1-4H3/t16-,18-,19+,20+,21-/m1/s1. The molecule has 188 valence electrons. The maximum absolute atomic E-state index is 11.9. The van der Waals surface area contributed by atoms with E-state index < -0.39 is 67.8 Å². The molecule has 0 aliphatic carbocycles. The molecule has 1 aromatic carbocycles. The smallest absolute Gasteiger partial charge is 0.303 e. The fraction of sp³-hybridized carbons (Fsp3) is 0.524. The first-order valence-electron chi connectivity index (χ1n) is 10.0. The number of benzene rings is 1. The van der Waals surface area contributed by atoms with Crippen molar-refractivity contribution in [2.45, 2.75) is 65.0 Å². The molecule has 0 bridgehead atoms. The Kier molecular flexibility index (Phi) is 9.47. The Bertz CT molecular complexity index is 933. The van der Waals surface area contributed by atoms with Crippen LogP contribution in [0.4, 0.5) is 0 Å². The molecule has 0 amide bonds. The van der Waals surface area contributed by atoms with Gasteiger partial charge in [-0.25, -0.2) is 0 Å². The van der Waals surface area contributed by atoms with E-state index in [9.17, 15) is 29.4 Å². The highest BCUT2D eigenvalue weighted by molar-refractivity contribution is 6.32. The van der Waals surface area contributed by atoms with Crippen molar-refractivity contribution < 1.29 is 57.8 Å². The molecule has 1 heterocycles. The van der Waals surface area contributed by atoms with Gasteiger partial charge >= 0.3 is 23.9 Å². The molecular weight excluding hydrogens is 480 g/mol. The molecule has 1 aromatic rings. The Morgan fingerprint density at radius 2 is 1.47 bits per heavy atom. The van der Waals surface area contributed by atoms with Gasteiger partial charge in [-0.1, -0.05) is 11.6 Å². The molecule has 0 spiro atoms. The first kappa shape index (κ1) is 27.2. The van der Waals surface area contributed by atoms with Crippen LogP contribution in [0.25, 0.3) is 0 Å².